The standard InChI is InChI=1S/C23H28N6O2/c1-16-14-26-23(27-15-16)28-17-2-4-19(5-3-17)31-21-13-18(29-8-10-30-11-9-29)12-20-22(21)25-7-6-24-20/h6-7,12-15,17,19H,2-5,8-11H2,1H3,(H,26,27,28). The smallest absolute Gasteiger partial charge is 0.222 e. The first-order valence-electron chi connectivity index (χ1n) is 11.0. The van der Waals surface area contributed by atoms with Crippen molar-refractivity contribution in [1.82, 2.24) is 19.9 Å². The summed E-state index contributed by atoms with van der Waals surface area (Å²) < 4.78 is 12.0. The number of hydrogen-bond donors (Lipinski definition) is 1. The van der Waals surface area contributed by atoms with Crippen LogP contribution >= 0.6 is 0 Å². The van der Waals surface area contributed by atoms with E-state index in [1.165, 1.54) is 0 Å². The van der Waals surface area contributed by atoms with E-state index < -0.39 is 0 Å². The van der Waals surface area contributed by atoms with Crippen LogP contribution in [-0.4, -0.2) is 58.4 Å². The number of nitrogens with one attached hydrogen (secondary N) is 1. The number of aryl methyl sites for hydroxylation is 1. The Kier molecular flexibility index (Phi) is 5.80. The van der Waals surface area contributed by atoms with E-state index in [0.717, 1.165) is 80.0 Å². The predicted octanol–water partition coefficient (Wildman–Crippen LogP) is 3.37. The minimum atomic E-state index is 0.169. The Balaban J connectivity index is 1.27. The first-order valence-corrected chi connectivity index (χ1v) is 11.0. The van der Waals surface area contributed by atoms with Crippen molar-refractivity contribution in [3.05, 3.63) is 42.5 Å². The van der Waals surface area contributed by atoms with E-state index >= 15 is 0 Å². The van der Waals surface area contributed by atoms with Gasteiger partial charge in [-0.05, 0) is 44.2 Å². The molecule has 2 aliphatic rings. The van der Waals surface area contributed by atoms with E-state index in [-0.39, 0.29) is 6.10 Å². The molecule has 1 N–H and O–H groups in total. The molecule has 0 spiro atoms. The molecular formula is C23H28N6O2. The number of fused-ring (bicyclic) bond motifs is 1. The number of morpholine rings is 1. The van der Waals surface area contributed by atoms with Gasteiger partial charge in [0.05, 0.1) is 24.8 Å². The highest BCUT2D eigenvalue weighted by molar-refractivity contribution is 5.85. The van der Waals surface area contributed by atoms with Crippen molar-refractivity contribution < 1.29 is 9.47 Å². The minimum absolute atomic E-state index is 0.169. The van der Waals surface area contributed by atoms with E-state index in [0.29, 0.717) is 12.0 Å². The molecule has 8 nitrogen and oxygen atoms in total. The maximum atomic E-state index is 6.49. The molecule has 2 aromatic heterocycles. The molecule has 1 aliphatic carbocycles. The van der Waals surface area contributed by atoms with Crippen LogP contribution in [0.15, 0.2) is 36.9 Å². The topological polar surface area (TPSA) is 85.3 Å². The number of aromatic nitrogens is 4. The second kappa shape index (κ2) is 9.01. The molecule has 0 unspecified atom stereocenters. The van der Waals surface area contributed by atoms with Crippen LogP contribution in [0.25, 0.3) is 11.0 Å². The number of anilines is 2. The molecule has 0 radical (unpaired) electrons. The van der Waals surface area contributed by atoms with Crippen molar-refractivity contribution in [2.45, 2.75) is 44.8 Å². The van der Waals surface area contributed by atoms with Gasteiger partial charge in [-0.1, -0.05) is 0 Å². The Morgan fingerprint density at radius 2 is 1.71 bits per heavy atom. The zero-order valence-corrected chi connectivity index (χ0v) is 17.8. The largest absolute Gasteiger partial charge is 0.488 e. The van der Waals surface area contributed by atoms with Gasteiger partial charge >= 0.3 is 0 Å². The van der Waals surface area contributed by atoms with Crippen molar-refractivity contribution in [3.63, 3.8) is 0 Å². The number of hydrogen-bond acceptors (Lipinski definition) is 8. The third kappa shape index (κ3) is 4.69. The summed E-state index contributed by atoms with van der Waals surface area (Å²) >= 11 is 0. The third-order valence-corrected chi connectivity index (χ3v) is 5.98. The lowest BCUT2D eigenvalue weighted by atomic mass is 9.93. The summed E-state index contributed by atoms with van der Waals surface area (Å²) in [5.74, 6) is 1.53. The average molecular weight is 421 g/mol. The normalized spacial score (nSPS) is 21.8. The van der Waals surface area contributed by atoms with Crippen molar-refractivity contribution >= 4 is 22.7 Å². The van der Waals surface area contributed by atoms with Gasteiger partial charge in [-0.3, -0.25) is 4.98 Å². The van der Waals surface area contributed by atoms with Crippen LogP contribution < -0.4 is 15.0 Å². The van der Waals surface area contributed by atoms with E-state index in [2.05, 4.69) is 42.3 Å². The first-order chi connectivity index (χ1) is 15.2. The highest BCUT2D eigenvalue weighted by Crippen LogP contribution is 2.33. The number of benzene rings is 1. The lowest BCUT2D eigenvalue weighted by molar-refractivity contribution is 0.122. The number of ether oxygens (including phenoxy) is 2. The van der Waals surface area contributed by atoms with Crippen LogP contribution in [0.1, 0.15) is 31.2 Å². The van der Waals surface area contributed by atoms with Gasteiger partial charge in [0.1, 0.15) is 11.3 Å². The lowest BCUT2D eigenvalue weighted by Crippen LogP contribution is -2.36. The maximum absolute atomic E-state index is 6.49. The molecule has 1 saturated heterocycles. The zero-order valence-electron chi connectivity index (χ0n) is 17.8. The van der Waals surface area contributed by atoms with Crippen molar-refractivity contribution in [3.8, 4) is 5.75 Å². The quantitative estimate of drug-likeness (QED) is 0.673. The first kappa shape index (κ1) is 19.9. The summed E-state index contributed by atoms with van der Waals surface area (Å²) in [5, 5.41) is 3.46. The van der Waals surface area contributed by atoms with E-state index in [9.17, 15) is 0 Å². The van der Waals surface area contributed by atoms with Gasteiger partial charge in [0, 0.05) is 55.7 Å². The summed E-state index contributed by atoms with van der Waals surface area (Å²) in [4.78, 5) is 20.1. The molecule has 162 valence electrons. The second-order valence-corrected chi connectivity index (χ2v) is 8.29. The monoisotopic (exact) mass is 420 g/mol. The second-order valence-electron chi connectivity index (χ2n) is 8.29. The summed E-state index contributed by atoms with van der Waals surface area (Å²) in [6.45, 7) is 5.24. The number of rotatable bonds is 5. The number of nitrogens with zero attached hydrogens (tertiary/aromatic N) is 5. The Hall–Kier alpha value is -3.00. The van der Waals surface area contributed by atoms with E-state index in [1.54, 1.807) is 12.4 Å². The molecule has 1 aliphatic heterocycles. The van der Waals surface area contributed by atoms with Crippen LogP contribution in [0.2, 0.25) is 0 Å². The van der Waals surface area contributed by atoms with E-state index in [1.807, 2.05) is 19.3 Å². The molecule has 5 rings (SSSR count). The molecule has 3 heterocycles. The molecule has 2 fully saturated rings. The Labute approximate surface area is 182 Å². The van der Waals surface area contributed by atoms with Crippen LogP contribution in [0, 0.1) is 6.92 Å². The van der Waals surface area contributed by atoms with Gasteiger partial charge in [0.25, 0.3) is 0 Å². The van der Waals surface area contributed by atoms with Crippen LogP contribution in [0.3, 0.4) is 0 Å². The molecular weight excluding hydrogens is 392 g/mol. The molecule has 1 aromatic carbocycles. The van der Waals surface area contributed by atoms with Gasteiger partial charge in [-0.15, -0.1) is 0 Å². The fourth-order valence-electron chi connectivity index (χ4n) is 4.28. The van der Waals surface area contributed by atoms with Crippen LogP contribution in [0.4, 0.5) is 11.6 Å². The Bertz CT molecular complexity index is 1010. The van der Waals surface area contributed by atoms with Gasteiger partial charge in [-0.25, -0.2) is 15.0 Å². The average Bonchev–Trinajstić information content (AvgIpc) is 2.82. The molecule has 31 heavy (non-hydrogen) atoms. The van der Waals surface area contributed by atoms with Crippen molar-refractivity contribution in [2.75, 3.05) is 36.5 Å². The summed E-state index contributed by atoms with van der Waals surface area (Å²) in [5.41, 5.74) is 3.89. The molecule has 8 heteroatoms. The van der Waals surface area contributed by atoms with Gasteiger partial charge in [0.15, 0.2) is 0 Å². The maximum Gasteiger partial charge on any atom is 0.222 e. The van der Waals surface area contributed by atoms with Crippen molar-refractivity contribution in [1.29, 1.82) is 0 Å². The Morgan fingerprint density at radius 3 is 2.48 bits per heavy atom. The van der Waals surface area contributed by atoms with Crippen LogP contribution in [-0.2, 0) is 4.74 Å². The SMILES string of the molecule is Cc1cnc(NC2CCC(Oc3cc(N4CCOCC4)cc4nccnc34)CC2)nc1. The van der Waals surface area contributed by atoms with Gasteiger partial charge in [0.2, 0.25) is 5.95 Å². The zero-order chi connectivity index (χ0) is 21.0. The van der Waals surface area contributed by atoms with Crippen molar-refractivity contribution in [2.24, 2.45) is 0 Å². The third-order valence-electron chi connectivity index (χ3n) is 5.98. The molecule has 3 aromatic rings. The molecule has 0 amide bonds. The highest BCUT2D eigenvalue weighted by Gasteiger charge is 2.24. The van der Waals surface area contributed by atoms with Crippen LogP contribution in [0.5, 0.6) is 5.75 Å². The van der Waals surface area contributed by atoms with Gasteiger partial charge in [-0.2, -0.15) is 0 Å². The van der Waals surface area contributed by atoms with E-state index in [4.69, 9.17) is 9.47 Å². The Morgan fingerprint density at radius 1 is 0.968 bits per heavy atom. The highest BCUT2D eigenvalue weighted by atomic mass is 16.5. The van der Waals surface area contributed by atoms with Gasteiger partial charge < -0.3 is 19.7 Å². The molecule has 0 atom stereocenters. The summed E-state index contributed by atoms with van der Waals surface area (Å²) in [6.07, 6.45) is 11.3. The molecule has 0 bridgehead atoms. The minimum Gasteiger partial charge on any atom is -0.488 e. The fraction of sp³-hybridized carbons (Fsp3) is 0.478. The summed E-state index contributed by atoms with van der Waals surface area (Å²) in [6, 6.07) is 4.59. The molecule has 1 saturated carbocycles. The predicted molar refractivity (Wildman–Crippen MR) is 120 cm³/mol. The fourth-order valence-corrected chi connectivity index (χ4v) is 4.28. The summed E-state index contributed by atoms with van der Waals surface area (Å²) in [7, 11) is 0. The lowest BCUT2D eigenvalue weighted by Gasteiger charge is -2.31.